The monoisotopic (exact) mass is 328 g/mol. The number of hydrogen-bond acceptors (Lipinski definition) is 5. The lowest BCUT2D eigenvalue weighted by Gasteiger charge is -2.22. The number of likely N-dealkylation sites (tertiary alicyclic amines) is 1. The number of benzene rings is 1. The van der Waals surface area contributed by atoms with Crippen molar-refractivity contribution in [3.8, 4) is 0 Å². The lowest BCUT2D eigenvalue weighted by Crippen LogP contribution is -2.32. The van der Waals surface area contributed by atoms with Gasteiger partial charge in [-0.25, -0.2) is 4.98 Å². The maximum absolute atomic E-state index is 13.0. The molecule has 1 fully saturated rings. The van der Waals surface area contributed by atoms with Crippen LogP contribution in [0.2, 0.25) is 0 Å². The molecule has 0 spiro atoms. The summed E-state index contributed by atoms with van der Waals surface area (Å²) in [5, 5.41) is 12.4. The smallest absolute Gasteiger partial charge is 0.271 e. The third-order valence-electron chi connectivity index (χ3n) is 4.43. The molecule has 0 unspecified atom stereocenters. The summed E-state index contributed by atoms with van der Waals surface area (Å²) in [6.07, 6.45) is 2.00. The van der Waals surface area contributed by atoms with Crippen LogP contribution >= 0.6 is 0 Å². The van der Waals surface area contributed by atoms with Crippen LogP contribution in [0.3, 0.4) is 0 Å². The Hall–Kier alpha value is -2.94. The number of nitrogens with zero attached hydrogens (tertiary/aromatic N) is 3. The first-order valence-corrected chi connectivity index (χ1v) is 7.57. The first-order chi connectivity index (χ1) is 11.7. The fourth-order valence-corrected chi connectivity index (χ4v) is 3.16. The van der Waals surface area contributed by atoms with Crippen molar-refractivity contribution in [1.29, 1.82) is 0 Å². The Kier molecular flexibility index (Phi) is 3.42. The standard InChI is InChI=1S/C15H16N6O3/c1-24-9-5-12(13-16-7-17-19-13)21(6-9)15(23)8-2-3-11-10(4-8)14(22)20-18-11/h2-4,7,9,12H,5-6H2,1H3,(H,16,17,19)(H2,18,20,22)/t9-,12+/m1/s1. The second-order valence-corrected chi connectivity index (χ2v) is 5.78. The van der Waals surface area contributed by atoms with Crippen LogP contribution < -0.4 is 5.56 Å². The molecule has 0 aliphatic carbocycles. The van der Waals surface area contributed by atoms with Crippen molar-refractivity contribution in [2.45, 2.75) is 18.6 Å². The van der Waals surface area contributed by atoms with Gasteiger partial charge in [-0.1, -0.05) is 0 Å². The number of rotatable bonds is 3. The predicted molar refractivity (Wildman–Crippen MR) is 84.5 cm³/mol. The minimum absolute atomic E-state index is 0.0663. The molecule has 1 aromatic carbocycles. The summed E-state index contributed by atoms with van der Waals surface area (Å²) in [6.45, 7) is 0.461. The summed E-state index contributed by atoms with van der Waals surface area (Å²) in [7, 11) is 1.63. The summed E-state index contributed by atoms with van der Waals surface area (Å²) < 4.78 is 5.42. The first-order valence-electron chi connectivity index (χ1n) is 7.57. The zero-order valence-electron chi connectivity index (χ0n) is 12.9. The molecule has 3 heterocycles. The molecular formula is C15H16N6O3. The average Bonchev–Trinajstić information content (AvgIpc) is 3.33. The van der Waals surface area contributed by atoms with Gasteiger partial charge in [0, 0.05) is 25.6 Å². The zero-order chi connectivity index (χ0) is 16.7. The van der Waals surface area contributed by atoms with E-state index in [9.17, 15) is 9.59 Å². The Morgan fingerprint density at radius 3 is 3.00 bits per heavy atom. The molecule has 9 heteroatoms. The fraction of sp³-hybridized carbons (Fsp3) is 0.333. The van der Waals surface area contributed by atoms with Gasteiger partial charge in [0.25, 0.3) is 11.5 Å². The lowest BCUT2D eigenvalue weighted by molar-refractivity contribution is 0.0684. The van der Waals surface area contributed by atoms with E-state index in [1.807, 2.05) is 0 Å². The van der Waals surface area contributed by atoms with Crippen LogP contribution in [-0.2, 0) is 4.74 Å². The second kappa shape index (κ2) is 5.60. The van der Waals surface area contributed by atoms with E-state index < -0.39 is 0 Å². The van der Waals surface area contributed by atoms with Gasteiger partial charge >= 0.3 is 0 Å². The Morgan fingerprint density at radius 1 is 1.38 bits per heavy atom. The highest BCUT2D eigenvalue weighted by Gasteiger charge is 2.38. The minimum Gasteiger partial charge on any atom is -0.380 e. The summed E-state index contributed by atoms with van der Waals surface area (Å²) >= 11 is 0. The van der Waals surface area contributed by atoms with Gasteiger partial charge < -0.3 is 9.64 Å². The maximum atomic E-state index is 13.0. The molecule has 1 aliphatic heterocycles. The van der Waals surface area contributed by atoms with Gasteiger partial charge in [0.1, 0.15) is 12.2 Å². The number of hydrogen-bond donors (Lipinski definition) is 3. The van der Waals surface area contributed by atoms with E-state index in [-0.39, 0.29) is 23.6 Å². The molecule has 3 aromatic rings. The Labute approximate surface area is 136 Å². The van der Waals surface area contributed by atoms with Crippen LogP contribution in [0.15, 0.2) is 29.3 Å². The summed E-state index contributed by atoms with van der Waals surface area (Å²) in [4.78, 5) is 30.6. The number of methoxy groups -OCH3 is 1. The Bertz CT molecular complexity index is 928. The highest BCUT2D eigenvalue weighted by molar-refractivity contribution is 5.98. The molecule has 2 atom stereocenters. The normalized spacial score (nSPS) is 20.8. The van der Waals surface area contributed by atoms with Crippen LogP contribution in [0.5, 0.6) is 0 Å². The Morgan fingerprint density at radius 2 is 2.25 bits per heavy atom. The van der Waals surface area contributed by atoms with Crippen molar-refractivity contribution < 1.29 is 9.53 Å². The van der Waals surface area contributed by atoms with Crippen LogP contribution in [0.4, 0.5) is 0 Å². The molecule has 1 aliphatic rings. The Balaban J connectivity index is 1.70. The largest absolute Gasteiger partial charge is 0.380 e. The molecule has 24 heavy (non-hydrogen) atoms. The number of aromatic nitrogens is 5. The first kappa shape index (κ1) is 14.6. The second-order valence-electron chi connectivity index (χ2n) is 5.78. The van der Waals surface area contributed by atoms with Gasteiger partial charge in [-0.3, -0.25) is 24.9 Å². The van der Waals surface area contributed by atoms with Crippen molar-refractivity contribution in [2.24, 2.45) is 0 Å². The molecule has 0 bridgehead atoms. The van der Waals surface area contributed by atoms with Crippen LogP contribution in [0.25, 0.3) is 10.9 Å². The number of carbonyl (C=O) groups is 1. The number of ether oxygens (including phenoxy) is 1. The summed E-state index contributed by atoms with van der Waals surface area (Å²) in [5.41, 5.74) is 0.871. The van der Waals surface area contributed by atoms with E-state index in [2.05, 4.69) is 25.4 Å². The molecule has 9 nitrogen and oxygen atoms in total. The SMILES string of the molecule is CO[C@@H]1C[C@@H](c2ncn[nH]2)N(C(=O)c2ccc3[nH][nH]c(=O)c3c2)C1. The molecule has 1 amide bonds. The van der Waals surface area contributed by atoms with Gasteiger partial charge in [-0.05, 0) is 18.2 Å². The van der Waals surface area contributed by atoms with Gasteiger partial charge in [0.15, 0.2) is 0 Å². The predicted octanol–water partition coefficient (Wildman–Crippen LogP) is 0.576. The number of H-pyrrole nitrogens is 3. The average molecular weight is 328 g/mol. The number of aromatic amines is 3. The third-order valence-corrected chi connectivity index (χ3v) is 4.43. The molecular weight excluding hydrogens is 312 g/mol. The number of nitrogens with one attached hydrogen (secondary N) is 3. The van der Waals surface area contributed by atoms with Crippen LogP contribution in [-0.4, -0.2) is 55.9 Å². The van der Waals surface area contributed by atoms with E-state index in [4.69, 9.17) is 4.74 Å². The topological polar surface area (TPSA) is 120 Å². The van der Waals surface area contributed by atoms with Gasteiger partial charge in [0.2, 0.25) is 0 Å². The zero-order valence-corrected chi connectivity index (χ0v) is 12.9. The minimum atomic E-state index is -0.248. The molecule has 1 saturated heterocycles. The highest BCUT2D eigenvalue weighted by Crippen LogP contribution is 2.32. The van der Waals surface area contributed by atoms with E-state index >= 15 is 0 Å². The van der Waals surface area contributed by atoms with E-state index in [1.165, 1.54) is 6.33 Å². The van der Waals surface area contributed by atoms with Crippen molar-refractivity contribution >= 4 is 16.8 Å². The van der Waals surface area contributed by atoms with E-state index in [0.717, 1.165) is 0 Å². The molecule has 2 aromatic heterocycles. The van der Waals surface area contributed by atoms with Crippen molar-refractivity contribution in [1.82, 2.24) is 30.3 Å². The lowest BCUT2D eigenvalue weighted by atomic mass is 10.1. The molecule has 4 rings (SSSR count). The molecule has 3 N–H and O–H groups in total. The van der Waals surface area contributed by atoms with Gasteiger partial charge in [-0.2, -0.15) is 5.10 Å². The highest BCUT2D eigenvalue weighted by atomic mass is 16.5. The number of carbonyl (C=O) groups excluding carboxylic acids is 1. The van der Waals surface area contributed by atoms with Crippen LogP contribution in [0.1, 0.15) is 28.6 Å². The van der Waals surface area contributed by atoms with Crippen LogP contribution in [0, 0.1) is 0 Å². The molecule has 124 valence electrons. The number of fused-ring (bicyclic) bond motifs is 1. The molecule has 0 radical (unpaired) electrons. The van der Waals surface area contributed by atoms with Crippen molar-refractivity contribution in [3.05, 3.63) is 46.3 Å². The van der Waals surface area contributed by atoms with E-state index in [0.29, 0.717) is 35.3 Å². The van der Waals surface area contributed by atoms with Crippen molar-refractivity contribution in [3.63, 3.8) is 0 Å². The van der Waals surface area contributed by atoms with E-state index in [1.54, 1.807) is 30.2 Å². The quantitative estimate of drug-likeness (QED) is 0.649. The van der Waals surface area contributed by atoms with Gasteiger partial charge in [0.05, 0.1) is 23.0 Å². The third kappa shape index (κ3) is 2.29. The molecule has 0 saturated carbocycles. The maximum Gasteiger partial charge on any atom is 0.271 e. The fourth-order valence-electron chi connectivity index (χ4n) is 3.16. The number of amides is 1. The van der Waals surface area contributed by atoms with Gasteiger partial charge in [-0.15, -0.1) is 0 Å². The van der Waals surface area contributed by atoms with Crippen molar-refractivity contribution in [2.75, 3.05) is 13.7 Å². The summed E-state index contributed by atoms with van der Waals surface area (Å²) in [5.74, 6) is 0.460. The summed E-state index contributed by atoms with van der Waals surface area (Å²) in [6, 6.07) is 4.79.